The van der Waals surface area contributed by atoms with Crippen LogP contribution in [0.15, 0.2) is 29.3 Å². The number of nitrogens with zero attached hydrogens (tertiary/aromatic N) is 4. The molecule has 6 heteroatoms. The van der Waals surface area contributed by atoms with Crippen molar-refractivity contribution in [2.75, 3.05) is 46.8 Å². The van der Waals surface area contributed by atoms with Crippen molar-refractivity contribution in [1.29, 1.82) is 0 Å². The predicted octanol–water partition coefficient (Wildman–Crippen LogP) is 1.38. The number of amides is 1. The summed E-state index contributed by atoms with van der Waals surface area (Å²) >= 11 is 0. The number of guanidine groups is 1. The molecule has 0 unspecified atom stereocenters. The van der Waals surface area contributed by atoms with Crippen LogP contribution in [-0.2, 0) is 17.9 Å². The van der Waals surface area contributed by atoms with Crippen molar-refractivity contribution in [2.45, 2.75) is 26.9 Å². The van der Waals surface area contributed by atoms with Crippen LogP contribution in [0.4, 0.5) is 0 Å². The molecule has 6 nitrogen and oxygen atoms in total. The SMILES string of the molecule is CCNC(=NCc1ccc(CN(C)C)cc1)N1CCN(C(C)=O)CC1. The van der Waals surface area contributed by atoms with E-state index < -0.39 is 0 Å². The summed E-state index contributed by atoms with van der Waals surface area (Å²) in [6.45, 7) is 9.35. The molecule has 138 valence electrons. The van der Waals surface area contributed by atoms with Gasteiger partial charge in [0, 0.05) is 46.2 Å². The Morgan fingerprint density at radius 3 is 2.16 bits per heavy atom. The number of hydrogen-bond donors (Lipinski definition) is 1. The third kappa shape index (κ3) is 6.05. The lowest BCUT2D eigenvalue weighted by Crippen LogP contribution is -2.53. The van der Waals surface area contributed by atoms with E-state index in [9.17, 15) is 4.79 Å². The molecule has 0 aromatic heterocycles. The molecule has 1 aliphatic rings. The third-order valence-electron chi connectivity index (χ3n) is 4.29. The van der Waals surface area contributed by atoms with Crippen molar-refractivity contribution in [2.24, 2.45) is 4.99 Å². The zero-order valence-electron chi connectivity index (χ0n) is 16.0. The molecule has 0 aliphatic carbocycles. The molecule has 1 N–H and O–H groups in total. The summed E-state index contributed by atoms with van der Waals surface area (Å²) in [4.78, 5) is 22.5. The highest BCUT2D eigenvalue weighted by Crippen LogP contribution is 2.08. The van der Waals surface area contributed by atoms with E-state index in [0.29, 0.717) is 6.54 Å². The minimum Gasteiger partial charge on any atom is -0.357 e. The summed E-state index contributed by atoms with van der Waals surface area (Å²) in [5.41, 5.74) is 2.52. The number of rotatable bonds is 5. The fourth-order valence-corrected chi connectivity index (χ4v) is 2.94. The lowest BCUT2D eigenvalue weighted by Gasteiger charge is -2.36. The fraction of sp³-hybridized carbons (Fsp3) is 0.579. The first kappa shape index (κ1) is 19.2. The van der Waals surface area contributed by atoms with Gasteiger partial charge in [0.15, 0.2) is 5.96 Å². The molecular formula is C19H31N5O. The van der Waals surface area contributed by atoms with E-state index in [2.05, 4.69) is 60.4 Å². The van der Waals surface area contributed by atoms with Crippen molar-refractivity contribution < 1.29 is 4.79 Å². The van der Waals surface area contributed by atoms with Crippen molar-refractivity contribution >= 4 is 11.9 Å². The van der Waals surface area contributed by atoms with Gasteiger partial charge in [-0.05, 0) is 32.1 Å². The Labute approximate surface area is 151 Å². The minimum absolute atomic E-state index is 0.152. The topological polar surface area (TPSA) is 51.2 Å². The molecule has 1 amide bonds. The minimum atomic E-state index is 0.152. The first-order chi connectivity index (χ1) is 12.0. The molecule has 1 saturated heterocycles. The van der Waals surface area contributed by atoms with Gasteiger partial charge in [-0.3, -0.25) is 4.79 Å². The Balaban J connectivity index is 1.96. The van der Waals surface area contributed by atoms with Gasteiger partial charge in [-0.1, -0.05) is 24.3 Å². The highest BCUT2D eigenvalue weighted by Gasteiger charge is 2.20. The van der Waals surface area contributed by atoms with Crippen molar-refractivity contribution in [3.05, 3.63) is 35.4 Å². The van der Waals surface area contributed by atoms with Crippen molar-refractivity contribution in [1.82, 2.24) is 20.0 Å². The van der Waals surface area contributed by atoms with Crippen LogP contribution in [0.2, 0.25) is 0 Å². The maximum Gasteiger partial charge on any atom is 0.219 e. The van der Waals surface area contributed by atoms with Crippen LogP contribution < -0.4 is 5.32 Å². The molecule has 0 radical (unpaired) electrons. The monoisotopic (exact) mass is 345 g/mol. The summed E-state index contributed by atoms with van der Waals surface area (Å²) < 4.78 is 0. The lowest BCUT2D eigenvalue weighted by atomic mass is 10.1. The van der Waals surface area contributed by atoms with Crippen LogP contribution in [0.5, 0.6) is 0 Å². The summed E-state index contributed by atoms with van der Waals surface area (Å²) in [5.74, 6) is 1.09. The summed E-state index contributed by atoms with van der Waals surface area (Å²) in [7, 11) is 4.15. The highest BCUT2D eigenvalue weighted by atomic mass is 16.2. The smallest absolute Gasteiger partial charge is 0.219 e. The second kappa shape index (κ2) is 9.42. The number of carbonyl (C=O) groups excluding carboxylic acids is 1. The fourth-order valence-electron chi connectivity index (χ4n) is 2.94. The van der Waals surface area contributed by atoms with Crippen LogP contribution >= 0.6 is 0 Å². The quantitative estimate of drug-likeness (QED) is 0.647. The Bertz CT molecular complexity index is 574. The maximum absolute atomic E-state index is 11.5. The van der Waals surface area contributed by atoms with Crippen molar-refractivity contribution in [3.8, 4) is 0 Å². The van der Waals surface area contributed by atoms with E-state index in [4.69, 9.17) is 4.99 Å². The van der Waals surface area contributed by atoms with Crippen LogP contribution in [0.25, 0.3) is 0 Å². The summed E-state index contributed by atoms with van der Waals surface area (Å²) in [5, 5.41) is 3.37. The molecule has 0 saturated carbocycles. The van der Waals surface area contributed by atoms with Gasteiger partial charge in [-0.25, -0.2) is 4.99 Å². The van der Waals surface area contributed by atoms with Crippen LogP contribution in [0.1, 0.15) is 25.0 Å². The molecule has 1 fully saturated rings. The first-order valence-electron chi connectivity index (χ1n) is 9.01. The molecule has 1 aromatic carbocycles. The van der Waals surface area contributed by atoms with E-state index in [1.807, 2.05) is 4.90 Å². The van der Waals surface area contributed by atoms with E-state index in [-0.39, 0.29) is 5.91 Å². The maximum atomic E-state index is 11.5. The second-order valence-corrected chi connectivity index (χ2v) is 6.72. The third-order valence-corrected chi connectivity index (χ3v) is 4.29. The van der Waals surface area contributed by atoms with Crippen LogP contribution in [-0.4, -0.2) is 73.4 Å². The van der Waals surface area contributed by atoms with E-state index in [1.165, 1.54) is 11.1 Å². The number of benzene rings is 1. The Morgan fingerprint density at radius 1 is 1.08 bits per heavy atom. The van der Waals surface area contributed by atoms with Gasteiger partial charge in [-0.2, -0.15) is 0 Å². The highest BCUT2D eigenvalue weighted by molar-refractivity contribution is 5.80. The van der Waals surface area contributed by atoms with Gasteiger partial charge in [0.1, 0.15) is 0 Å². The van der Waals surface area contributed by atoms with Gasteiger partial charge in [0.25, 0.3) is 0 Å². The average Bonchev–Trinajstić information content (AvgIpc) is 2.59. The zero-order valence-corrected chi connectivity index (χ0v) is 16.0. The number of aliphatic imine (C=N–C) groups is 1. The first-order valence-corrected chi connectivity index (χ1v) is 9.01. The largest absolute Gasteiger partial charge is 0.357 e. The Hall–Kier alpha value is -2.08. The standard InChI is InChI=1S/C19H31N5O/c1-5-20-19(24-12-10-23(11-13-24)16(2)25)21-14-17-6-8-18(9-7-17)15-22(3)4/h6-9H,5,10-15H2,1-4H3,(H,20,21). The van der Waals surface area contributed by atoms with Gasteiger partial charge in [-0.15, -0.1) is 0 Å². The molecule has 0 spiro atoms. The molecule has 2 rings (SSSR count). The number of hydrogen-bond acceptors (Lipinski definition) is 3. The Kier molecular flexibility index (Phi) is 7.25. The van der Waals surface area contributed by atoms with Crippen LogP contribution in [0.3, 0.4) is 0 Å². The molecule has 1 aliphatic heterocycles. The number of nitrogens with one attached hydrogen (secondary N) is 1. The van der Waals surface area contributed by atoms with Gasteiger partial charge < -0.3 is 20.0 Å². The second-order valence-electron chi connectivity index (χ2n) is 6.72. The molecule has 1 heterocycles. The van der Waals surface area contributed by atoms with E-state index >= 15 is 0 Å². The molecular weight excluding hydrogens is 314 g/mol. The zero-order chi connectivity index (χ0) is 18.2. The number of piperazine rings is 1. The molecule has 1 aromatic rings. The molecule has 0 atom stereocenters. The van der Waals surface area contributed by atoms with Gasteiger partial charge in [0.05, 0.1) is 6.54 Å². The van der Waals surface area contributed by atoms with E-state index in [1.54, 1.807) is 6.92 Å². The van der Waals surface area contributed by atoms with Gasteiger partial charge in [0.2, 0.25) is 5.91 Å². The molecule has 25 heavy (non-hydrogen) atoms. The molecule has 0 bridgehead atoms. The van der Waals surface area contributed by atoms with Gasteiger partial charge >= 0.3 is 0 Å². The Morgan fingerprint density at radius 2 is 1.64 bits per heavy atom. The number of carbonyl (C=O) groups is 1. The van der Waals surface area contributed by atoms with Crippen molar-refractivity contribution in [3.63, 3.8) is 0 Å². The summed E-state index contributed by atoms with van der Waals surface area (Å²) in [6.07, 6.45) is 0. The average molecular weight is 345 g/mol. The normalized spacial score (nSPS) is 15.6. The van der Waals surface area contributed by atoms with E-state index in [0.717, 1.165) is 45.2 Å². The van der Waals surface area contributed by atoms with Crippen LogP contribution in [0, 0.1) is 0 Å². The lowest BCUT2D eigenvalue weighted by molar-refractivity contribution is -0.130. The predicted molar refractivity (Wildman–Crippen MR) is 102 cm³/mol. The summed E-state index contributed by atoms with van der Waals surface area (Å²) in [6, 6.07) is 8.64.